The minimum absolute atomic E-state index is 0.000864. The lowest BCUT2D eigenvalue weighted by Crippen LogP contribution is -2.17. The van der Waals surface area contributed by atoms with E-state index in [1.165, 1.54) is 18.3 Å². The van der Waals surface area contributed by atoms with Crippen molar-refractivity contribution in [2.24, 2.45) is 0 Å². The maximum atomic E-state index is 13.3. The molecule has 2 aromatic carbocycles. The van der Waals surface area contributed by atoms with E-state index in [-0.39, 0.29) is 27.4 Å². The number of halogens is 3. The lowest BCUT2D eigenvalue weighted by molar-refractivity contribution is -0.137. The SMILES string of the molecule is CCc1ccc(C(=O)OC)cc1S(=O)(=O)Nc1cc(C(F)(F)F)ccc1-c1ccccn1. The average molecular weight is 464 g/mol. The standard InChI is InChI=1S/C22H19F3N2O4S/c1-3-14-7-8-15(21(28)31-2)12-20(14)32(29,30)27-19-13-16(22(23,24)25)9-10-17(19)18-6-4-5-11-26-18/h4-13,27H,3H2,1-2H3. The highest BCUT2D eigenvalue weighted by Gasteiger charge is 2.32. The fraction of sp³-hybridized carbons (Fsp3) is 0.182. The summed E-state index contributed by atoms with van der Waals surface area (Å²) < 4.78 is 73.3. The minimum atomic E-state index is -4.68. The van der Waals surface area contributed by atoms with Gasteiger partial charge in [0.2, 0.25) is 0 Å². The van der Waals surface area contributed by atoms with E-state index in [0.717, 1.165) is 31.4 Å². The second-order valence-electron chi connectivity index (χ2n) is 6.75. The van der Waals surface area contributed by atoms with E-state index in [1.807, 2.05) is 0 Å². The summed E-state index contributed by atoms with van der Waals surface area (Å²) in [4.78, 5) is 15.8. The molecule has 3 aromatic rings. The van der Waals surface area contributed by atoms with Gasteiger partial charge < -0.3 is 4.74 Å². The van der Waals surface area contributed by atoms with E-state index in [0.29, 0.717) is 12.0 Å². The van der Waals surface area contributed by atoms with Gasteiger partial charge in [0.15, 0.2) is 0 Å². The first-order valence-corrected chi connectivity index (χ1v) is 10.9. The number of aromatic nitrogens is 1. The quantitative estimate of drug-likeness (QED) is 0.524. The monoisotopic (exact) mass is 464 g/mol. The molecule has 0 saturated carbocycles. The fourth-order valence-electron chi connectivity index (χ4n) is 3.09. The van der Waals surface area contributed by atoms with Gasteiger partial charge in [0.1, 0.15) is 0 Å². The van der Waals surface area contributed by atoms with Gasteiger partial charge in [0.25, 0.3) is 10.0 Å². The van der Waals surface area contributed by atoms with E-state index >= 15 is 0 Å². The molecule has 1 heterocycles. The summed E-state index contributed by atoms with van der Waals surface area (Å²) in [6.45, 7) is 1.72. The topological polar surface area (TPSA) is 85.4 Å². The molecule has 3 rings (SSSR count). The van der Waals surface area contributed by atoms with Crippen LogP contribution in [0, 0.1) is 0 Å². The van der Waals surface area contributed by atoms with E-state index in [9.17, 15) is 26.4 Å². The minimum Gasteiger partial charge on any atom is -0.465 e. The molecule has 0 aliphatic carbocycles. The molecular formula is C22H19F3N2O4S. The van der Waals surface area contributed by atoms with Crippen LogP contribution < -0.4 is 4.72 Å². The van der Waals surface area contributed by atoms with Crippen LogP contribution in [0.3, 0.4) is 0 Å². The first kappa shape index (κ1) is 23.3. The van der Waals surface area contributed by atoms with E-state index < -0.39 is 27.7 Å². The zero-order valence-corrected chi connectivity index (χ0v) is 17.9. The van der Waals surface area contributed by atoms with Gasteiger partial charge in [0.05, 0.1) is 34.5 Å². The number of carbonyl (C=O) groups excluding carboxylic acids is 1. The Labute approximate surface area is 183 Å². The number of aryl methyl sites for hydroxylation is 1. The Morgan fingerprint density at radius 1 is 1.09 bits per heavy atom. The van der Waals surface area contributed by atoms with Crippen LogP contribution in [0.5, 0.6) is 0 Å². The third-order valence-corrected chi connectivity index (χ3v) is 6.14. The Morgan fingerprint density at radius 3 is 2.44 bits per heavy atom. The summed E-state index contributed by atoms with van der Waals surface area (Å²) in [5, 5.41) is 0. The predicted molar refractivity (Wildman–Crippen MR) is 113 cm³/mol. The number of nitrogens with zero attached hydrogens (tertiary/aromatic N) is 1. The van der Waals surface area contributed by atoms with Crippen LogP contribution in [0.2, 0.25) is 0 Å². The van der Waals surface area contributed by atoms with Gasteiger partial charge in [-0.1, -0.05) is 25.1 Å². The highest BCUT2D eigenvalue weighted by atomic mass is 32.2. The molecule has 1 N–H and O–H groups in total. The van der Waals surface area contributed by atoms with Crippen LogP contribution in [0.25, 0.3) is 11.3 Å². The summed E-state index contributed by atoms with van der Waals surface area (Å²) in [6.07, 6.45) is -2.92. The molecule has 0 fully saturated rings. The lowest BCUT2D eigenvalue weighted by Gasteiger charge is -2.17. The van der Waals surface area contributed by atoms with Crippen LogP contribution >= 0.6 is 0 Å². The molecule has 1 aromatic heterocycles. The van der Waals surface area contributed by atoms with Crippen LogP contribution in [-0.2, 0) is 27.4 Å². The normalized spacial score (nSPS) is 11.8. The Bertz CT molecular complexity index is 1240. The van der Waals surface area contributed by atoms with Crippen molar-refractivity contribution in [3.63, 3.8) is 0 Å². The molecule has 0 aliphatic heterocycles. The van der Waals surface area contributed by atoms with Gasteiger partial charge in [-0.25, -0.2) is 13.2 Å². The van der Waals surface area contributed by atoms with Crippen molar-refractivity contribution >= 4 is 21.7 Å². The van der Waals surface area contributed by atoms with E-state index in [4.69, 9.17) is 0 Å². The molecule has 0 saturated heterocycles. The Morgan fingerprint density at radius 2 is 1.84 bits per heavy atom. The molecule has 32 heavy (non-hydrogen) atoms. The van der Waals surface area contributed by atoms with Gasteiger partial charge >= 0.3 is 12.1 Å². The molecule has 0 aliphatic rings. The largest absolute Gasteiger partial charge is 0.465 e. The zero-order chi connectivity index (χ0) is 23.5. The number of hydrogen-bond acceptors (Lipinski definition) is 5. The number of methoxy groups -OCH3 is 1. The number of carbonyl (C=O) groups is 1. The van der Waals surface area contributed by atoms with Crippen LogP contribution in [0.1, 0.15) is 28.4 Å². The van der Waals surface area contributed by atoms with Crippen LogP contribution in [0.15, 0.2) is 65.7 Å². The second kappa shape index (κ2) is 8.99. The van der Waals surface area contributed by atoms with Crippen LogP contribution in [-0.4, -0.2) is 26.5 Å². The Balaban J connectivity index is 2.15. The number of ether oxygens (including phenoxy) is 1. The summed E-state index contributed by atoms with van der Waals surface area (Å²) in [5.74, 6) is -0.739. The summed E-state index contributed by atoms with van der Waals surface area (Å²) in [5.41, 5.74) is -0.462. The molecule has 0 unspecified atom stereocenters. The number of benzene rings is 2. The second-order valence-corrected chi connectivity index (χ2v) is 8.40. The first-order chi connectivity index (χ1) is 15.1. The third-order valence-electron chi connectivity index (χ3n) is 4.69. The summed E-state index contributed by atoms with van der Waals surface area (Å²) in [7, 11) is -3.21. The molecule has 0 bridgehead atoms. The first-order valence-electron chi connectivity index (χ1n) is 9.43. The average Bonchev–Trinajstić information content (AvgIpc) is 2.77. The highest BCUT2D eigenvalue weighted by molar-refractivity contribution is 7.92. The van der Waals surface area contributed by atoms with Crippen molar-refractivity contribution in [1.82, 2.24) is 4.98 Å². The van der Waals surface area contributed by atoms with Crippen molar-refractivity contribution in [2.75, 3.05) is 11.8 Å². The maximum Gasteiger partial charge on any atom is 0.416 e. The molecule has 0 radical (unpaired) electrons. The van der Waals surface area contributed by atoms with E-state index in [2.05, 4.69) is 14.4 Å². The molecule has 6 nitrogen and oxygen atoms in total. The van der Waals surface area contributed by atoms with Crippen molar-refractivity contribution < 1.29 is 31.1 Å². The smallest absolute Gasteiger partial charge is 0.416 e. The number of sulfonamides is 1. The van der Waals surface area contributed by atoms with Crippen molar-refractivity contribution in [1.29, 1.82) is 0 Å². The number of pyridine rings is 1. The van der Waals surface area contributed by atoms with Gasteiger partial charge in [-0.15, -0.1) is 0 Å². The molecule has 0 atom stereocenters. The Kier molecular flexibility index (Phi) is 6.54. The maximum absolute atomic E-state index is 13.3. The van der Waals surface area contributed by atoms with Crippen molar-refractivity contribution in [3.8, 4) is 11.3 Å². The number of nitrogens with one attached hydrogen (secondary N) is 1. The lowest BCUT2D eigenvalue weighted by atomic mass is 10.1. The fourth-order valence-corrected chi connectivity index (χ4v) is 4.50. The third kappa shape index (κ3) is 4.91. The molecular weight excluding hydrogens is 445 g/mol. The van der Waals surface area contributed by atoms with E-state index in [1.54, 1.807) is 25.1 Å². The molecule has 0 amide bonds. The molecule has 0 spiro atoms. The van der Waals surface area contributed by atoms with Crippen molar-refractivity contribution in [3.05, 3.63) is 77.5 Å². The Hall–Kier alpha value is -3.40. The number of esters is 1. The van der Waals surface area contributed by atoms with Gasteiger partial charge in [-0.05, 0) is 48.4 Å². The summed E-state index contributed by atoms with van der Waals surface area (Å²) >= 11 is 0. The van der Waals surface area contributed by atoms with Gasteiger partial charge in [-0.2, -0.15) is 13.2 Å². The number of hydrogen-bond donors (Lipinski definition) is 1. The highest BCUT2D eigenvalue weighted by Crippen LogP contribution is 2.36. The predicted octanol–water partition coefficient (Wildman–Crippen LogP) is 4.92. The number of alkyl halides is 3. The number of anilines is 1. The summed E-state index contributed by atoms with van der Waals surface area (Å²) in [6, 6.07) is 11.6. The van der Waals surface area contributed by atoms with Crippen molar-refractivity contribution in [2.45, 2.75) is 24.4 Å². The number of rotatable bonds is 6. The van der Waals surface area contributed by atoms with Gasteiger partial charge in [-0.3, -0.25) is 9.71 Å². The van der Waals surface area contributed by atoms with Gasteiger partial charge in [0, 0.05) is 11.8 Å². The van der Waals surface area contributed by atoms with Crippen LogP contribution in [0.4, 0.5) is 18.9 Å². The molecule has 168 valence electrons. The molecule has 10 heteroatoms. The zero-order valence-electron chi connectivity index (χ0n) is 17.1.